The summed E-state index contributed by atoms with van der Waals surface area (Å²) in [5.41, 5.74) is 5.97. The number of hydrogen-bond acceptors (Lipinski definition) is 4. The molecule has 0 aliphatic rings. The summed E-state index contributed by atoms with van der Waals surface area (Å²) in [6.45, 7) is 6.29. The zero-order valence-electron chi connectivity index (χ0n) is 9.16. The molecule has 1 heterocycles. The number of nitrogens with zero attached hydrogens (tertiary/aromatic N) is 2. The summed E-state index contributed by atoms with van der Waals surface area (Å²) in [6, 6.07) is -0.102. The van der Waals surface area contributed by atoms with Gasteiger partial charge in [0.05, 0.1) is 6.04 Å². The summed E-state index contributed by atoms with van der Waals surface area (Å²) in [5, 5.41) is 3.89. The van der Waals surface area contributed by atoms with Gasteiger partial charge in [-0.1, -0.05) is 32.3 Å². The lowest BCUT2D eigenvalue weighted by atomic mass is 10.00. The van der Waals surface area contributed by atoms with Crippen molar-refractivity contribution < 1.29 is 4.52 Å². The molecule has 14 heavy (non-hydrogen) atoms. The highest BCUT2D eigenvalue weighted by atomic mass is 16.5. The van der Waals surface area contributed by atoms with Crippen molar-refractivity contribution in [1.29, 1.82) is 0 Å². The van der Waals surface area contributed by atoms with E-state index < -0.39 is 0 Å². The monoisotopic (exact) mass is 197 g/mol. The summed E-state index contributed by atoms with van der Waals surface area (Å²) in [7, 11) is 0. The maximum absolute atomic E-state index is 5.97. The molecule has 2 unspecified atom stereocenters. The van der Waals surface area contributed by atoms with E-state index in [2.05, 4.69) is 30.9 Å². The van der Waals surface area contributed by atoms with Crippen LogP contribution < -0.4 is 5.73 Å². The first-order valence-electron chi connectivity index (χ1n) is 5.27. The molecule has 4 heteroatoms. The van der Waals surface area contributed by atoms with E-state index in [0.717, 1.165) is 19.3 Å². The second-order valence-electron chi connectivity index (χ2n) is 3.71. The second-order valence-corrected chi connectivity index (χ2v) is 3.71. The Bertz CT molecular complexity index is 272. The number of aryl methyl sites for hydroxylation is 1. The van der Waals surface area contributed by atoms with Crippen molar-refractivity contribution in [3.8, 4) is 0 Å². The van der Waals surface area contributed by atoms with Gasteiger partial charge < -0.3 is 10.3 Å². The summed E-state index contributed by atoms with van der Waals surface area (Å²) in [6.07, 6.45) is 2.87. The largest absolute Gasteiger partial charge is 0.339 e. The molecule has 0 radical (unpaired) electrons. The third-order valence-electron chi connectivity index (χ3n) is 2.50. The van der Waals surface area contributed by atoms with Gasteiger partial charge >= 0.3 is 0 Å². The molecule has 80 valence electrons. The fourth-order valence-electron chi connectivity index (χ4n) is 1.23. The van der Waals surface area contributed by atoms with Crippen LogP contribution in [0.1, 0.15) is 51.4 Å². The van der Waals surface area contributed by atoms with E-state index in [1.54, 1.807) is 0 Å². The van der Waals surface area contributed by atoms with Gasteiger partial charge in [-0.25, -0.2) is 0 Å². The Labute approximate surface area is 84.9 Å². The quantitative estimate of drug-likeness (QED) is 0.784. The molecule has 0 bridgehead atoms. The van der Waals surface area contributed by atoms with Crippen molar-refractivity contribution >= 4 is 0 Å². The molecule has 0 aliphatic heterocycles. The SMILES string of the molecule is CCCc1nc(C(N)C(C)CC)no1. The summed E-state index contributed by atoms with van der Waals surface area (Å²) in [4.78, 5) is 4.27. The van der Waals surface area contributed by atoms with Crippen LogP contribution in [0.3, 0.4) is 0 Å². The van der Waals surface area contributed by atoms with Gasteiger partial charge in [-0.15, -0.1) is 0 Å². The van der Waals surface area contributed by atoms with Crippen LogP contribution in [0.15, 0.2) is 4.52 Å². The zero-order valence-corrected chi connectivity index (χ0v) is 9.16. The summed E-state index contributed by atoms with van der Waals surface area (Å²) < 4.78 is 5.08. The van der Waals surface area contributed by atoms with Gasteiger partial charge in [0.15, 0.2) is 5.82 Å². The van der Waals surface area contributed by atoms with Crippen molar-refractivity contribution in [2.45, 2.75) is 46.1 Å². The smallest absolute Gasteiger partial charge is 0.226 e. The van der Waals surface area contributed by atoms with Gasteiger partial charge in [0.2, 0.25) is 5.89 Å². The van der Waals surface area contributed by atoms with E-state index in [-0.39, 0.29) is 6.04 Å². The van der Waals surface area contributed by atoms with Gasteiger partial charge in [-0.2, -0.15) is 4.98 Å². The standard InChI is InChI=1S/C10H19N3O/c1-4-6-8-12-10(13-14-8)9(11)7(3)5-2/h7,9H,4-6,11H2,1-3H3. The predicted molar refractivity (Wildman–Crippen MR) is 54.7 cm³/mol. The van der Waals surface area contributed by atoms with Crippen molar-refractivity contribution in [2.24, 2.45) is 11.7 Å². The fourth-order valence-corrected chi connectivity index (χ4v) is 1.23. The minimum absolute atomic E-state index is 0.102. The lowest BCUT2D eigenvalue weighted by Gasteiger charge is -2.13. The first kappa shape index (κ1) is 11.2. The van der Waals surface area contributed by atoms with E-state index in [1.165, 1.54) is 0 Å². The molecular formula is C10H19N3O. The molecular weight excluding hydrogens is 178 g/mol. The van der Waals surface area contributed by atoms with Crippen LogP contribution >= 0.6 is 0 Å². The summed E-state index contributed by atoms with van der Waals surface area (Å²) in [5.74, 6) is 1.73. The lowest BCUT2D eigenvalue weighted by molar-refractivity contribution is 0.357. The van der Waals surface area contributed by atoms with Gasteiger partial charge in [-0.05, 0) is 12.3 Å². The Morgan fingerprint density at radius 1 is 1.43 bits per heavy atom. The molecule has 2 atom stereocenters. The third kappa shape index (κ3) is 2.54. The van der Waals surface area contributed by atoms with Crippen LogP contribution in [0, 0.1) is 5.92 Å². The third-order valence-corrected chi connectivity index (χ3v) is 2.50. The van der Waals surface area contributed by atoms with Gasteiger partial charge in [-0.3, -0.25) is 0 Å². The van der Waals surface area contributed by atoms with E-state index in [4.69, 9.17) is 10.3 Å². The maximum atomic E-state index is 5.97. The Morgan fingerprint density at radius 2 is 2.14 bits per heavy atom. The normalized spacial score (nSPS) is 15.4. The fraction of sp³-hybridized carbons (Fsp3) is 0.800. The Kier molecular flexibility index (Phi) is 4.07. The molecule has 0 spiro atoms. The molecule has 0 aromatic carbocycles. The molecule has 4 nitrogen and oxygen atoms in total. The average Bonchev–Trinajstić information content (AvgIpc) is 2.64. The van der Waals surface area contributed by atoms with Gasteiger partial charge in [0.25, 0.3) is 0 Å². The average molecular weight is 197 g/mol. The number of nitrogens with two attached hydrogens (primary N) is 1. The minimum atomic E-state index is -0.102. The predicted octanol–water partition coefficient (Wildman–Crippen LogP) is 2.07. The van der Waals surface area contributed by atoms with E-state index in [0.29, 0.717) is 17.6 Å². The van der Waals surface area contributed by atoms with Crippen LogP contribution in [-0.2, 0) is 6.42 Å². The molecule has 0 saturated carbocycles. The maximum Gasteiger partial charge on any atom is 0.226 e. The van der Waals surface area contributed by atoms with Gasteiger partial charge in [0.1, 0.15) is 0 Å². The van der Waals surface area contributed by atoms with Crippen LogP contribution in [0.25, 0.3) is 0 Å². The molecule has 2 N–H and O–H groups in total. The minimum Gasteiger partial charge on any atom is -0.339 e. The number of rotatable bonds is 5. The van der Waals surface area contributed by atoms with Crippen LogP contribution in [0.5, 0.6) is 0 Å². The van der Waals surface area contributed by atoms with Crippen molar-refractivity contribution in [3.05, 3.63) is 11.7 Å². The lowest BCUT2D eigenvalue weighted by Crippen LogP contribution is -2.19. The molecule has 1 aromatic rings. The van der Waals surface area contributed by atoms with E-state index >= 15 is 0 Å². The Balaban J connectivity index is 2.65. The van der Waals surface area contributed by atoms with Crippen LogP contribution in [0.4, 0.5) is 0 Å². The Morgan fingerprint density at radius 3 is 2.71 bits per heavy atom. The first-order valence-corrected chi connectivity index (χ1v) is 5.27. The Hall–Kier alpha value is -0.900. The van der Waals surface area contributed by atoms with E-state index in [1.807, 2.05) is 0 Å². The van der Waals surface area contributed by atoms with Crippen molar-refractivity contribution in [2.75, 3.05) is 0 Å². The molecule has 0 fully saturated rings. The molecule has 0 amide bonds. The molecule has 0 saturated heterocycles. The topological polar surface area (TPSA) is 64.9 Å². The highest BCUT2D eigenvalue weighted by Crippen LogP contribution is 2.19. The first-order chi connectivity index (χ1) is 6.69. The van der Waals surface area contributed by atoms with Crippen LogP contribution in [0.2, 0.25) is 0 Å². The number of aromatic nitrogens is 2. The van der Waals surface area contributed by atoms with E-state index in [9.17, 15) is 0 Å². The highest BCUT2D eigenvalue weighted by Gasteiger charge is 2.18. The van der Waals surface area contributed by atoms with Gasteiger partial charge in [0, 0.05) is 6.42 Å². The summed E-state index contributed by atoms with van der Waals surface area (Å²) >= 11 is 0. The molecule has 1 aromatic heterocycles. The molecule has 1 rings (SSSR count). The second kappa shape index (κ2) is 5.10. The zero-order chi connectivity index (χ0) is 10.6. The van der Waals surface area contributed by atoms with Crippen LogP contribution in [-0.4, -0.2) is 10.1 Å². The van der Waals surface area contributed by atoms with Crippen molar-refractivity contribution in [1.82, 2.24) is 10.1 Å². The number of hydrogen-bond donors (Lipinski definition) is 1. The highest BCUT2D eigenvalue weighted by molar-refractivity contribution is 4.94. The van der Waals surface area contributed by atoms with Crippen molar-refractivity contribution in [3.63, 3.8) is 0 Å². The molecule has 0 aliphatic carbocycles.